The molecule has 1 aromatic heterocycles. The predicted octanol–water partition coefficient (Wildman–Crippen LogP) is 3.88. The molecule has 2 rings (SSSR count). The zero-order chi connectivity index (χ0) is 10.5. The van der Waals surface area contributed by atoms with Crippen LogP contribution in [-0.4, -0.2) is 11.3 Å². The van der Waals surface area contributed by atoms with Crippen molar-refractivity contribution in [3.8, 4) is 0 Å². The molecule has 1 aromatic rings. The van der Waals surface area contributed by atoms with Crippen LogP contribution in [0.3, 0.4) is 0 Å². The van der Waals surface area contributed by atoms with Gasteiger partial charge in [0.1, 0.15) is 0 Å². The number of carbonyl (C=O) groups is 1. The number of nitrogens with one attached hydrogen (secondary N) is 1. The van der Waals surface area contributed by atoms with Gasteiger partial charge in [-0.05, 0) is 36.0 Å². The van der Waals surface area contributed by atoms with Gasteiger partial charge in [0.25, 0.3) is 5.24 Å². The van der Waals surface area contributed by atoms with Crippen LogP contribution in [0, 0.1) is 0 Å². The third-order valence-corrected chi connectivity index (χ3v) is 4.46. The van der Waals surface area contributed by atoms with Gasteiger partial charge in [-0.3, -0.25) is 4.79 Å². The number of thioether (sulfide) groups is 1. The summed E-state index contributed by atoms with van der Waals surface area (Å²) >= 11 is 2.93. The maximum Gasteiger partial charge on any atom is 0.284 e. The Kier molecular flexibility index (Phi) is 4.09. The van der Waals surface area contributed by atoms with Crippen LogP contribution < -0.4 is 5.32 Å². The Morgan fingerprint density at radius 1 is 1.40 bits per heavy atom. The Morgan fingerprint density at radius 2 is 2.20 bits per heavy atom. The lowest BCUT2D eigenvalue weighted by Gasteiger charge is -2.22. The van der Waals surface area contributed by atoms with Crippen molar-refractivity contribution < 1.29 is 4.79 Å². The Bertz CT molecular complexity index is 304. The van der Waals surface area contributed by atoms with Gasteiger partial charge < -0.3 is 5.32 Å². The van der Waals surface area contributed by atoms with Crippen molar-refractivity contribution in [3.05, 3.63) is 17.5 Å². The van der Waals surface area contributed by atoms with Gasteiger partial charge in [-0.2, -0.15) is 0 Å². The van der Waals surface area contributed by atoms with Crippen LogP contribution in [0.1, 0.15) is 32.1 Å². The Labute approximate surface area is 98.5 Å². The average molecular weight is 241 g/mol. The zero-order valence-corrected chi connectivity index (χ0v) is 10.2. The topological polar surface area (TPSA) is 29.1 Å². The largest absolute Gasteiger partial charge is 0.344 e. The van der Waals surface area contributed by atoms with Crippen molar-refractivity contribution in [1.29, 1.82) is 0 Å². The minimum absolute atomic E-state index is 0.101. The molecule has 2 nitrogen and oxygen atoms in total. The molecule has 1 heterocycles. The van der Waals surface area contributed by atoms with Crippen LogP contribution in [0.2, 0.25) is 0 Å². The summed E-state index contributed by atoms with van der Waals surface area (Å²) in [7, 11) is 0. The summed E-state index contributed by atoms with van der Waals surface area (Å²) in [6.07, 6.45) is 6.14. The van der Waals surface area contributed by atoms with Crippen LogP contribution in [0.4, 0.5) is 4.79 Å². The SMILES string of the molecule is O=C(NC1CCCCC1)Sc1cccs1. The second kappa shape index (κ2) is 5.56. The standard InChI is InChI=1S/C11H15NOS2/c13-11(15-10-7-4-8-14-10)12-9-5-2-1-3-6-9/h4,7-9H,1-3,5-6H2,(H,12,13). The first-order chi connectivity index (χ1) is 7.34. The van der Waals surface area contributed by atoms with Gasteiger partial charge in [-0.25, -0.2) is 0 Å². The van der Waals surface area contributed by atoms with E-state index >= 15 is 0 Å². The molecule has 0 spiro atoms. The molecule has 1 saturated carbocycles. The van der Waals surface area contributed by atoms with E-state index in [1.54, 1.807) is 11.3 Å². The molecule has 1 fully saturated rings. The Hall–Kier alpha value is -0.480. The molecule has 1 N–H and O–H groups in total. The van der Waals surface area contributed by atoms with Crippen molar-refractivity contribution in [1.82, 2.24) is 5.32 Å². The quantitative estimate of drug-likeness (QED) is 0.796. The smallest absolute Gasteiger partial charge is 0.284 e. The molecule has 1 aliphatic rings. The summed E-state index contributed by atoms with van der Waals surface area (Å²) in [6.45, 7) is 0. The van der Waals surface area contributed by atoms with Gasteiger partial charge >= 0.3 is 0 Å². The first kappa shape index (κ1) is 11.0. The summed E-state index contributed by atoms with van der Waals surface area (Å²) in [5.74, 6) is 0. The fraction of sp³-hybridized carbons (Fsp3) is 0.545. The van der Waals surface area contributed by atoms with Crippen LogP contribution in [-0.2, 0) is 0 Å². The van der Waals surface area contributed by atoms with Gasteiger partial charge in [-0.1, -0.05) is 25.3 Å². The summed E-state index contributed by atoms with van der Waals surface area (Å²) in [4.78, 5) is 11.6. The van der Waals surface area contributed by atoms with E-state index in [0.29, 0.717) is 6.04 Å². The predicted molar refractivity (Wildman–Crippen MR) is 65.6 cm³/mol. The highest BCUT2D eigenvalue weighted by Gasteiger charge is 2.16. The number of hydrogen-bond donors (Lipinski definition) is 1. The fourth-order valence-corrected chi connectivity index (χ4v) is 3.45. The van der Waals surface area contributed by atoms with Gasteiger partial charge in [0.2, 0.25) is 0 Å². The van der Waals surface area contributed by atoms with E-state index in [-0.39, 0.29) is 5.24 Å². The van der Waals surface area contributed by atoms with E-state index in [9.17, 15) is 4.79 Å². The molecule has 4 heteroatoms. The van der Waals surface area contributed by atoms with E-state index in [1.807, 2.05) is 17.5 Å². The summed E-state index contributed by atoms with van der Waals surface area (Å²) in [6, 6.07) is 4.37. The molecule has 0 saturated heterocycles. The average Bonchev–Trinajstić information content (AvgIpc) is 2.71. The molecule has 15 heavy (non-hydrogen) atoms. The molecular formula is C11H15NOS2. The summed E-state index contributed by atoms with van der Waals surface area (Å²) < 4.78 is 1.07. The highest BCUT2D eigenvalue weighted by Crippen LogP contribution is 2.25. The lowest BCUT2D eigenvalue weighted by molar-refractivity contribution is 0.253. The lowest BCUT2D eigenvalue weighted by atomic mass is 9.96. The van der Waals surface area contributed by atoms with Crippen molar-refractivity contribution in [2.75, 3.05) is 0 Å². The van der Waals surface area contributed by atoms with Crippen molar-refractivity contribution in [3.63, 3.8) is 0 Å². The third-order valence-electron chi connectivity index (χ3n) is 2.62. The third kappa shape index (κ3) is 3.54. The second-order valence-electron chi connectivity index (χ2n) is 3.80. The van der Waals surface area contributed by atoms with Crippen LogP contribution in [0.5, 0.6) is 0 Å². The molecule has 0 unspecified atom stereocenters. The first-order valence-electron chi connectivity index (χ1n) is 5.36. The highest BCUT2D eigenvalue weighted by atomic mass is 32.2. The second-order valence-corrected chi connectivity index (χ2v) is 6.02. The van der Waals surface area contributed by atoms with Gasteiger partial charge in [0.15, 0.2) is 0 Å². The van der Waals surface area contributed by atoms with Gasteiger partial charge in [-0.15, -0.1) is 11.3 Å². The molecule has 0 aliphatic heterocycles. The van der Waals surface area contributed by atoms with E-state index in [0.717, 1.165) is 17.1 Å². The maximum absolute atomic E-state index is 11.6. The van der Waals surface area contributed by atoms with Crippen LogP contribution >= 0.6 is 23.1 Å². The van der Waals surface area contributed by atoms with E-state index in [1.165, 1.54) is 31.0 Å². The van der Waals surface area contributed by atoms with Crippen molar-refractivity contribution >= 4 is 28.3 Å². The lowest BCUT2D eigenvalue weighted by Crippen LogP contribution is -2.33. The van der Waals surface area contributed by atoms with E-state index < -0.39 is 0 Å². The monoisotopic (exact) mass is 241 g/mol. The van der Waals surface area contributed by atoms with Gasteiger partial charge in [0, 0.05) is 6.04 Å². The number of hydrogen-bond acceptors (Lipinski definition) is 3. The molecular weight excluding hydrogens is 226 g/mol. The molecule has 1 amide bonds. The fourth-order valence-electron chi connectivity index (χ4n) is 1.86. The van der Waals surface area contributed by atoms with Crippen LogP contribution in [0.15, 0.2) is 21.7 Å². The minimum atomic E-state index is 0.101. The number of carbonyl (C=O) groups excluding carboxylic acids is 1. The summed E-state index contributed by atoms with van der Waals surface area (Å²) in [5.41, 5.74) is 0. The normalized spacial score (nSPS) is 17.6. The molecule has 82 valence electrons. The minimum Gasteiger partial charge on any atom is -0.344 e. The molecule has 0 radical (unpaired) electrons. The first-order valence-corrected chi connectivity index (χ1v) is 7.06. The Morgan fingerprint density at radius 3 is 2.87 bits per heavy atom. The molecule has 0 aromatic carbocycles. The molecule has 0 atom stereocenters. The van der Waals surface area contributed by atoms with Crippen LogP contribution in [0.25, 0.3) is 0 Å². The number of thiophene rings is 1. The van der Waals surface area contributed by atoms with E-state index in [4.69, 9.17) is 0 Å². The molecule has 0 bridgehead atoms. The number of rotatable bonds is 2. The number of amides is 1. The zero-order valence-electron chi connectivity index (χ0n) is 8.57. The molecule has 1 aliphatic carbocycles. The van der Waals surface area contributed by atoms with E-state index in [2.05, 4.69) is 5.32 Å². The van der Waals surface area contributed by atoms with Gasteiger partial charge in [0.05, 0.1) is 4.21 Å². The van der Waals surface area contributed by atoms with Crippen molar-refractivity contribution in [2.45, 2.75) is 42.4 Å². The summed E-state index contributed by atoms with van der Waals surface area (Å²) in [5, 5.41) is 5.19. The highest BCUT2D eigenvalue weighted by molar-refractivity contribution is 8.14. The van der Waals surface area contributed by atoms with Crippen molar-refractivity contribution in [2.24, 2.45) is 0 Å². The maximum atomic E-state index is 11.6. The Balaban J connectivity index is 1.76.